The van der Waals surface area contributed by atoms with Crippen LogP contribution in [0.25, 0.3) is 10.8 Å². The summed E-state index contributed by atoms with van der Waals surface area (Å²) in [5.41, 5.74) is 4.60. The zero-order chi connectivity index (χ0) is 19.3. The quantitative estimate of drug-likeness (QED) is 0.387. The van der Waals surface area contributed by atoms with Crippen molar-refractivity contribution in [3.63, 3.8) is 0 Å². The van der Waals surface area contributed by atoms with Crippen LogP contribution in [0.15, 0.2) is 35.0 Å². The molecule has 140 valence electrons. The molecule has 0 heterocycles. The van der Waals surface area contributed by atoms with Gasteiger partial charge < -0.3 is 14.2 Å². The van der Waals surface area contributed by atoms with E-state index in [0.717, 1.165) is 5.56 Å². The van der Waals surface area contributed by atoms with Gasteiger partial charge in [0.05, 0.1) is 36.8 Å². The maximum Gasteiger partial charge on any atom is 0.135 e. The van der Waals surface area contributed by atoms with Gasteiger partial charge in [-0.25, -0.2) is 0 Å². The van der Waals surface area contributed by atoms with Crippen molar-refractivity contribution in [2.24, 2.45) is 5.18 Å². The fourth-order valence-corrected chi connectivity index (χ4v) is 2.98. The number of nitrogens with zero attached hydrogens (tertiary/aromatic N) is 1. The predicted molar refractivity (Wildman–Crippen MR) is 102 cm³/mol. The zero-order valence-electron chi connectivity index (χ0n) is 15.6. The third kappa shape index (κ3) is 3.63. The first-order chi connectivity index (χ1) is 12.5. The highest BCUT2D eigenvalue weighted by Gasteiger charge is 2.24. The first kappa shape index (κ1) is 19.7. The van der Waals surface area contributed by atoms with Gasteiger partial charge in [0.1, 0.15) is 17.2 Å². The molecule has 0 amide bonds. The van der Waals surface area contributed by atoms with Crippen LogP contribution in [0.1, 0.15) is 31.9 Å². The van der Waals surface area contributed by atoms with Crippen molar-refractivity contribution in [3.8, 4) is 11.5 Å². The monoisotopic (exact) mass is 360 g/mol. The van der Waals surface area contributed by atoms with E-state index in [2.05, 4.69) is 16.7 Å². The van der Waals surface area contributed by atoms with Crippen LogP contribution in [-0.4, -0.2) is 26.5 Å². The number of rotatable bonds is 8. The number of allylic oxidation sites excluding steroid dienone is 1. The molecule has 2 aromatic rings. The molecule has 2 N–H and O–H groups in total. The summed E-state index contributed by atoms with van der Waals surface area (Å²) in [5.74, 6) is 0.929. The molecule has 7 heteroatoms. The maximum atomic E-state index is 11.4. The molecule has 0 fully saturated rings. The van der Waals surface area contributed by atoms with Crippen molar-refractivity contribution >= 4 is 22.1 Å². The number of hydrogen-bond donors (Lipinski definition) is 2. The van der Waals surface area contributed by atoms with Gasteiger partial charge in [0.15, 0.2) is 0 Å². The minimum absolute atomic E-state index is 0.188. The lowest BCUT2D eigenvalue weighted by molar-refractivity contribution is 0.103. The highest BCUT2D eigenvalue weighted by Crippen LogP contribution is 2.47. The molecular weight excluding hydrogens is 336 g/mol. The number of anilines is 1. The number of nitrogens with one attached hydrogen (secondary N) is 1. The number of fused-ring (bicyclic) bond motifs is 1. The van der Waals surface area contributed by atoms with E-state index in [1.807, 2.05) is 13.8 Å². The zero-order valence-corrected chi connectivity index (χ0v) is 15.6. The Bertz CT molecular complexity index is 829. The van der Waals surface area contributed by atoms with Crippen molar-refractivity contribution in [3.05, 3.63) is 40.3 Å². The summed E-state index contributed by atoms with van der Waals surface area (Å²) in [6.45, 7) is 4.02. The Hall–Kier alpha value is -2.64. The third-order valence-electron chi connectivity index (χ3n) is 4.22. The highest BCUT2D eigenvalue weighted by atomic mass is 16.5. The second kappa shape index (κ2) is 8.64. The highest BCUT2D eigenvalue weighted by molar-refractivity contribution is 6.08. The number of benzene rings is 2. The molecule has 2 rings (SSSR count). The maximum absolute atomic E-state index is 11.4. The van der Waals surface area contributed by atoms with Crippen LogP contribution in [-0.2, 0) is 4.74 Å². The lowest BCUT2D eigenvalue weighted by Gasteiger charge is -2.22. The summed E-state index contributed by atoms with van der Waals surface area (Å²) in [6, 6.07) is 4.86. The average molecular weight is 360 g/mol. The van der Waals surface area contributed by atoms with E-state index in [4.69, 9.17) is 14.2 Å². The largest absolute Gasteiger partial charge is 0.496 e. The SMILES string of the molecule is COc1cc(C(CC=C(C)C)OC)c(OC)c2c(N=O)ccc(NO)c12. The molecule has 2 aromatic carbocycles. The smallest absolute Gasteiger partial charge is 0.135 e. The van der Waals surface area contributed by atoms with Gasteiger partial charge in [-0.1, -0.05) is 11.6 Å². The Kier molecular flexibility index (Phi) is 6.54. The standard InChI is InChI=1S/C19H24N2O5/c1-11(2)6-9-15(24-3)12-10-16(25-4)17-13(20-22)7-8-14(21-23)18(17)19(12)26-5/h6-8,10,15,20,22H,9H2,1-5H3. The molecule has 0 saturated heterocycles. The second-order valence-electron chi connectivity index (χ2n) is 6.03. The minimum Gasteiger partial charge on any atom is -0.496 e. The first-order valence-corrected chi connectivity index (χ1v) is 8.13. The van der Waals surface area contributed by atoms with E-state index in [9.17, 15) is 10.1 Å². The topological polar surface area (TPSA) is 89.4 Å². The number of nitroso groups, excluding NO2 is 1. The lowest BCUT2D eigenvalue weighted by atomic mass is 9.96. The molecule has 0 aliphatic heterocycles. The van der Waals surface area contributed by atoms with E-state index < -0.39 is 0 Å². The van der Waals surface area contributed by atoms with Gasteiger partial charge in [-0.15, -0.1) is 4.91 Å². The molecule has 0 spiro atoms. The first-order valence-electron chi connectivity index (χ1n) is 8.13. The van der Waals surface area contributed by atoms with Crippen LogP contribution >= 0.6 is 0 Å². The Morgan fingerprint density at radius 2 is 1.96 bits per heavy atom. The molecular formula is C19H24N2O5. The van der Waals surface area contributed by atoms with Gasteiger partial charge in [0, 0.05) is 12.7 Å². The van der Waals surface area contributed by atoms with Crippen LogP contribution in [0.5, 0.6) is 11.5 Å². The minimum atomic E-state index is -0.302. The van der Waals surface area contributed by atoms with Crippen molar-refractivity contribution in [2.45, 2.75) is 26.4 Å². The van der Waals surface area contributed by atoms with Crippen LogP contribution < -0.4 is 15.0 Å². The van der Waals surface area contributed by atoms with Crippen molar-refractivity contribution in [1.29, 1.82) is 0 Å². The van der Waals surface area contributed by atoms with Crippen LogP contribution in [0.2, 0.25) is 0 Å². The molecule has 26 heavy (non-hydrogen) atoms. The van der Waals surface area contributed by atoms with E-state index in [1.54, 1.807) is 19.2 Å². The number of methoxy groups -OCH3 is 3. The molecule has 0 bridgehead atoms. The van der Waals surface area contributed by atoms with Crippen LogP contribution in [0.3, 0.4) is 0 Å². The summed E-state index contributed by atoms with van der Waals surface area (Å²) in [6.07, 6.45) is 2.39. The van der Waals surface area contributed by atoms with Crippen molar-refractivity contribution in [1.82, 2.24) is 0 Å². The van der Waals surface area contributed by atoms with E-state index in [-0.39, 0.29) is 11.8 Å². The van der Waals surface area contributed by atoms with Gasteiger partial charge in [0.2, 0.25) is 0 Å². The second-order valence-corrected chi connectivity index (χ2v) is 6.03. The molecule has 7 nitrogen and oxygen atoms in total. The molecule has 0 aliphatic rings. The Balaban J connectivity index is 2.88. The summed E-state index contributed by atoms with van der Waals surface area (Å²) in [5, 5.41) is 13.5. The number of ether oxygens (including phenoxy) is 3. The molecule has 0 radical (unpaired) electrons. The summed E-state index contributed by atoms with van der Waals surface area (Å²) >= 11 is 0. The average Bonchev–Trinajstić information content (AvgIpc) is 2.66. The van der Waals surface area contributed by atoms with E-state index >= 15 is 0 Å². The van der Waals surface area contributed by atoms with Crippen LogP contribution in [0.4, 0.5) is 11.4 Å². The molecule has 0 saturated carbocycles. The van der Waals surface area contributed by atoms with Gasteiger partial charge in [-0.2, -0.15) is 0 Å². The Morgan fingerprint density at radius 1 is 1.23 bits per heavy atom. The summed E-state index contributed by atoms with van der Waals surface area (Å²) < 4.78 is 16.8. The Morgan fingerprint density at radius 3 is 2.46 bits per heavy atom. The molecule has 1 atom stereocenters. The van der Waals surface area contributed by atoms with Crippen LogP contribution in [0, 0.1) is 4.91 Å². The predicted octanol–water partition coefficient (Wildman–Crippen LogP) is 5.10. The molecule has 0 aliphatic carbocycles. The van der Waals surface area contributed by atoms with Crippen molar-refractivity contribution in [2.75, 3.05) is 26.8 Å². The van der Waals surface area contributed by atoms with Gasteiger partial charge in [-0.05, 0) is 43.6 Å². The van der Waals surface area contributed by atoms with E-state index in [0.29, 0.717) is 34.4 Å². The molecule has 0 aromatic heterocycles. The lowest BCUT2D eigenvalue weighted by Crippen LogP contribution is -2.06. The van der Waals surface area contributed by atoms with Gasteiger partial charge >= 0.3 is 0 Å². The summed E-state index contributed by atoms with van der Waals surface area (Å²) in [7, 11) is 4.65. The fraction of sp³-hybridized carbons (Fsp3) is 0.368. The van der Waals surface area contributed by atoms with Gasteiger partial charge in [0.25, 0.3) is 0 Å². The normalized spacial score (nSPS) is 11.8. The summed E-state index contributed by atoms with van der Waals surface area (Å²) in [4.78, 5) is 11.4. The Labute approximate surface area is 152 Å². The van der Waals surface area contributed by atoms with Gasteiger partial charge in [-0.3, -0.25) is 10.7 Å². The fourth-order valence-electron chi connectivity index (χ4n) is 2.98. The van der Waals surface area contributed by atoms with Crippen molar-refractivity contribution < 1.29 is 19.4 Å². The number of hydrogen-bond acceptors (Lipinski definition) is 7. The van der Waals surface area contributed by atoms with E-state index in [1.165, 1.54) is 25.9 Å². The molecule has 1 unspecified atom stereocenters. The third-order valence-corrected chi connectivity index (χ3v) is 4.22.